The Morgan fingerprint density at radius 2 is 1.96 bits per heavy atom. The molecule has 1 aromatic rings. The first-order chi connectivity index (χ1) is 11.1. The lowest BCUT2D eigenvalue weighted by atomic mass is 10.1. The summed E-state index contributed by atoms with van der Waals surface area (Å²) in [6.07, 6.45) is 1.20. The maximum absolute atomic E-state index is 12.2. The van der Waals surface area contributed by atoms with Crippen LogP contribution < -0.4 is 15.5 Å². The van der Waals surface area contributed by atoms with Crippen LogP contribution in [0.2, 0.25) is 0 Å². The molecule has 124 valence electrons. The molecule has 1 fully saturated rings. The molecule has 1 aliphatic rings. The number of rotatable bonds is 6. The Hall–Kier alpha value is -2.34. The molecule has 1 aliphatic heterocycles. The molecule has 0 unspecified atom stereocenters. The number of hydrogen-bond acceptors (Lipinski definition) is 4. The van der Waals surface area contributed by atoms with Gasteiger partial charge in [-0.2, -0.15) is 0 Å². The molecule has 6 nitrogen and oxygen atoms in total. The molecule has 0 bridgehead atoms. The number of carbonyl (C=O) groups excluding carboxylic acids is 2. The third-order valence-electron chi connectivity index (χ3n) is 3.72. The average molecular weight is 317 g/mol. The lowest BCUT2D eigenvalue weighted by Crippen LogP contribution is -2.37. The number of ether oxygens (including phenoxy) is 1. The molecule has 2 rings (SSSR count). The van der Waals surface area contributed by atoms with Crippen molar-refractivity contribution in [1.29, 1.82) is 0 Å². The zero-order valence-electron chi connectivity index (χ0n) is 13.4. The van der Waals surface area contributed by atoms with Gasteiger partial charge in [-0.05, 0) is 30.7 Å². The van der Waals surface area contributed by atoms with E-state index in [-0.39, 0.29) is 11.8 Å². The van der Waals surface area contributed by atoms with Gasteiger partial charge in [0.25, 0.3) is 5.91 Å². The van der Waals surface area contributed by atoms with Crippen molar-refractivity contribution in [2.24, 2.45) is 0 Å². The van der Waals surface area contributed by atoms with Crippen molar-refractivity contribution >= 4 is 17.5 Å². The van der Waals surface area contributed by atoms with E-state index in [0.29, 0.717) is 31.9 Å². The summed E-state index contributed by atoms with van der Waals surface area (Å²) in [7, 11) is 0. The Bertz CT molecular complexity index is 580. The van der Waals surface area contributed by atoms with Gasteiger partial charge in [0.2, 0.25) is 5.91 Å². The number of amides is 2. The summed E-state index contributed by atoms with van der Waals surface area (Å²) in [5, 5.41) is 5.41. The largest absolute Gasteiger partial charge is 0.378 e. The van der Waals surface area contributed by atoms with Crippen LogP contribution >= 0.6 is 0 Å². The van der Waals surface area contributed by atoms with E-state index in [0.717, 1.165) is 24.3 Å². The predicted molar refractivity (Wildman–Crippen MR) is 89.8 cm³/mol. The summed E-state index contributed by atoms with van der Waals surface area (Å²) in [5.41, 5.74) is 2.83. The Morgan fingerprint density at radius 3 is 2.65 bits per heavy atom. The fourth-order valence-corrected chi connectivity index (χ4v) is 2.43. The number of nitrogens with zero attached hydrogens (tertiary/aromatic N) is 1. The maximum atomic E-state index is 12.2. The van der Waals surface area contributed by atoms with Gasteiger partial charge in [-0.3, -0.25) is 9.59 Å². The number of nitrogens with one attached hydrogen (secondary N) is 2. The summed E-state index contributed by atoms with van der Waals surface area (Å²) in [6, 6.07) is 5.69. The summed E-state index contributed by atoms with van der Waals surface area (Å²) in [4.78, 5) is 25.5. The van der Waals surface area contributed by atoms with Crippen LogP contribution in [0.15, 0.2) is 30.9 Å². The zero-order chi connectivity index (χ0) is 16.7. The first-order valence-electron chi connectivity index (χ1n) is 7.73. The van der Waals surface area contributed by atoms with E-state index in [9.17, 15) is 9.59 Å². The van der Waals surface area contributed by atoms with E-state index >= 15 is 0 Å². The van der Waals surface area contributed by atoms with E-state index in [1.807, 2.05) is 25.1 Å². The SMILES string of the molecule is C=CC(=O)NCCNC(=O)c1ccc(C)c(N2CCOCC2)c1. The second-order valence-electron chi connectivity index (χ2n) is 5.35. The van der Waals surface area contributed by atoms with Crippen LogP contribution in [0.4, 0.5) is 5.69 Å². The monoisotopic (exact) mass is 317 g/mol. The number of carbonyl (C=O) groups is 2. The third-order valence-corrected chi connectivity index (χ3v) is 3.72. The highest BCUT2D eigenvalue weighted by Gasteiger charge is 2.15. The molecular weight excluding hydrogens is 294 g/mol. The highest BCUT2D eigenvalue weighted by atomic mass is 16.5. The fourth-order valence-electron chi connectivity index (χ4n) is 2.43. The summed E-state index contributed by atoms with van der Waals surface area (Å²) in [6.45, 7) is 9.24. The van der Waals surface area contributed by atoms with Crippen LogP contribution in [0.5, 0.6) is 0 Å². The number of morpholine rings is 1. The summed E-state index contributed by atoms with van der Waals surface area (Å²) < 4.78 is 5.37. The van der Waals surface area contributed by atoms with E-state index in [2.05, 4.69) is 22.1 Å². The number of aryl methyl sites for hydroxylation is 1. The van der Waals surface area contributed by atoms with Crippen LogP contribution in [-0.2, 0) is 9.53 Å². The van der Waals surface area contributed by atoms with Gasteiger partial charge in [0, 0.05) is 37.4 Å². The Balaban J connectivity index is 1.95. The minimum Gasteiger partial charge on any atom is -0.378 e. The third kappa shape index (κ3) is 4.82. The molecule has 1 heterocycles. The molecule has 1 aromatic carbocycles. The molecule has 6 heteroatoms. The second kappa shape index (κ2) is 8.33. The predicted octanol–water partition coefficient (Wildman–Crippen LogP) is 0.864. The molecule has 0 aromatic heterocycles. The first-order valence-corrected chi connectivity index (χ1v) is 7.73. The second-order valence-corrected chi connectivity index (χ2v) is 5.35. The van der Waals surface area contributed by atoms with Crippen LogP contribution in [0.3, 0.4) is 0 Å². The van der Waals surface area contributed by atoms with Crippen molar-refractivity contribution < 1.29 is 14.3 Å². The van der Waals surface area contributed by atoms with Crippen molar-refractivity contribution in [3.05, 3.63) is 42.0 Å². The van der Waals surface area contributed by atoms with E-state index in [4.69, 9.17) is 4.74 Å². The van der Waals surface area contributed by atoms with Gasteiger partial charge in [-0.25, -0.2) is 0 Å². The molecule has 0 atom stereocenters. The standard InChI is InChI=1S/C17H23N3O3/c1-3-16(21)18-6-7-19-17(22)14-5-4-13(2)15(12-14)20-8-10-23-11-9-20/h3-5,12H,1,6-11H2,2H3,(H,18,21)(H,19,22). The topological polar surface area (TPSA) is 70.7 Å². The summed E-state index contributed by atoms with van der Waals surface area (Å²) >= 11 is 0. The van der Waals surface area contributed by atoms with Crippen molar-refractivity contribution in [1.82, 2.24) is 10.6 Å². The van der Waals surface area contributed by atoms with Crippen molar-refractivity contribution in [2.75, 3.05) is 44.3 Å². The minimum atomic E-state index is -0.246. The van der Waals surface area contributed by atoms with Gasteiger partial charge in [-0.1, -0.05) is 12.6 Å². The number of anilines is 1. The normalized spacial score (nSPS) is 14.2. The molecule has 0 saturated carbocycles. The van der Waals surface area contributed by atoms with Crippen LogP contribution in [0, 0.1) is 6.92 Å². The van der Waals surface area contributed by atoms with Gasteiger partial charge < -0.3 is 20.3 Å². The first kappa shape index (κ1) is 17.0. The highest BCUT2D eigenvalue weighted by Crippen LogP contribution is 2.22. The van der Waals surface area contributed by atoms with E-state index < -0.39 is 0 Å². The van der Waals surface area contributed by atoms with Crippen molar-refractivity contribution in [3.63, 3.8) is 0 Å². The zero-order valence-corrected chi connectivity index (χ0v) is 13.4. The fraction of sp³-hybridized carbons (Fsp3) is 0.412. The summed E-state index contributed by atoms with van der Waals surface area (Å²) in [5.74, 6) is -0.392. The smallest absolute Gasteiger partial charge is 0.251 e. The van der Waals surface area contributed by atoms with Crippen LogP contribution in [0.25, 0.3) is 0 Å². The molecule has 23 heavy (non-hydrogen) atoms. The number of hydrogen-bond donors (Lipinski definition) is 2. The van der Waals surface area contributed by atoms with Gasteiger partial charge in [0.1, 0.15) is 0 Å². The van der Waals surface area contributed by atoms with Gasteiger partial charge in [-0.15, -0.1) is 0 Å². The number of benzene rings is 1. The lowest BCUT2D eigenvalue weighted by molar-refractivity contribution is -0.116. The highest BCUT2D eigenvalue weighted by molar-refractivity contribution is 5.95. The van der Waals surface area contributed by atoms with Crippen LogP contribution in [-0.4, -0.2) is 51.2 Å². The lowest BCUT2D eigenvalue weighted by Gasteiger charge is -2.30. The van der Waals surface area contributed by atoms with Gasteiger partial charge in [0.05, 0.1) is 13.2 Å². The van der Waals surface area contributed by atoms with Crippen molar-refractivity contribution in [2.45, 2.75) is 6.92 Å². The molecule has 2 N–H and O–H groups in total. The van der Waals surface area contributed by atoms with E-state index in [1.165, 1.54) is 6.08 Å². The maximum Gasteiger partial charge on any atom is 0.251 e. The van der Waals surface area contributed by atoms with Crippen molar-refractivity contribution in [3.8, 4) is 0 Å². The average Bonchev–Trinajstić information content (AvgIpc) is 2.59. The van der Waals surface area contributed by atoms with E-state index in [1.54, 1.807) is 0 Å². The Labute approximate surface area is 136 Å². The molecule has 0 spiro atoms. The van der Waals surface area contributed by atoms with Gasteiger partial charge >= 0.3 is 0 Å². The molecule has 2 amide bonds. The molecule has 0 aliphatic carbocycles. The van der Waals surface area contributed by atoms with Crippen LogP contribution in [0.1, 0.15) is 15.9 Å². The molecular formula is C17H23N3O3. The minimum absolute atomic E-state index is 0.146. The van der Waals surface area contributed by atoms with Gasteiger partial charge in [0.15, 0.2) is 0 Å². The Kier molecular flexibility index (Phi) is 6.17. The molecule has 1 saturated heterocycles. The molecule has 0 radical (unpaired) electrons. The quantitative estimate of drug-likeness (QED) is 0.603. The Morgan fingerprint density at radius 1 is 1.26 bits per heavy atom.